The number of nitrogens with zero attached hydrogens (tertiary/aromatic N) is 1. The zero-order valence-electron chi connectivity index (χ0n) is 7.96. The molecule has 76 valence electrons. The lowest BCUT2D eigenvalue weighted by molar-refractivity contribution is 0.157. The molecule has 1 amide bonds. The molecule has 0 aromatic carbocycles. The summed E-state index contributed by atoms with van der Waals surface area (Å²) in [5, 5.41) is 1.04. The Balaban J connectivity index is 2.14. The molecule has 1 aliphatic rings. The van der Waals surface area contributed by atoms with Crippen LogP contribution in [0.15, 0.2) is 0 Å². The lowest BCUT2D eigenvalue weighted by atomic mass is 10.1. The molecule has 1 heterocycles. The van der Waals surface area contributed by atoms with Gasteiger partial charge >= 0.3 is 6.09 Å². The maximum absolute atomic E-state index is 11.0. The highest BCUT2D eigenvalue weighted by Crippen LogP contribution is 2.12. The van der Waals surface area contributed by atoms with Crippen LogP contribution in [0.3, 0.4) is 0 Å². The first kappa shape index (κ1) is 10.8. The van der Waals surface area contributed by atoms with Gasteiger partial charge in [-0.3, -0.25) is 0 Å². The van der Waals surface area contributed by atoms with Crippen LogP contribution in [0.2, 0.25) is 0 Å². The maximum atomic E-state index is 11.0. The molecule has 1 unspecified atom stereocenters. The molecular formula is C9H16BrNO2. The van der Waals surface area contributed by atoms with Crippen molar-refractivity contribution in [2.45, 2.75) is 19.8 Å². The molecule has 0 spiro atoms. The van der Waals surface area contributed by atoms with Gasteiger partial charge in [0.1, 0.15) is 6.61 Å². The van der Waals surface area contributed by atoms with E-state index in [9.17, 15) is 4.79 Å². The number of rotatable bonds is 5. The SMILES string of the molecule is CC(CCBr)CCN1CCOC1=O. The third kappa shape index (κ3) is 3.55. The van der Waals surface area contributed by atoms with Gasteiger partial charge in [-0.2, -0.15) is 0 Å². The third-order valence-electron chi connectivity index (χ3n) is 2.34. The highest BCUT2D eigenvalue weighted by Gasteiger charge is 2.21. The van der Waals surface area contributed by atoms with Crippen molar-refractivity contribution in [2.75, 3.05) is 25.0 Å². The van der Waals surface area contributed by atoms with E-state index in [2.05, 4.69) is 22.9 Å². The van der Waals surface area contributed by atoms with Crippen molar-refractivity contribution in [3.8, 4) is 0 Å². The van der Waals surface area contributed by atoms with Crippen LogP contribution in [0.1, 0.15) is 19.8 Å². The van der Waals surface area contributed by atoms with Gasteiger partial charge in [-0.15, -0.1) is 0 Å². The number of hydrogen-bond acceptors (Lipinski definition) is 2. The average Bonchev–Trinajstić information content (AvgIpc) is 2.48. The van der Waals surface area contributed by atoms with E-state index in [-0.39, 0.29) is 6.09 Å². The molecule has 0 aromatic heterocycles. The summed E-state index contributed by atoms with van der Waals surface area (Å²) in [6, 6.07) is 0. The van der Waals surface area contributed by atoms with Gasteiger partial charge in [-0.1, -0.05) is 22.9 Å². The number of hydrogen-bond donors (Lipinski definition) is 0. The number of ether oxygens (including phenoxy) is 1. The number of halogens is 1. The van der Waals surface area contributed by atoms with Crippen molar-refractivity contribution in [3.63, 3.8) is 0 Å². The topological polar surface area (TPSA) is 29.5 Å². The van der Waals surface area contributed by atoms with Crippen LogP contribution in [0.4, 0.5) is 4.79 Å². The van der Waals surface area contributed by atoms with Gasteiger partial charge in [0.05, 0.1) is 6.54 Å². The second-order valence-electron chi connectivity index (χ2n) is 3.47. The van der Waals surface area contributed by atoms with E-state index in [1.165, 1.54) is 6.42 Å². The third-order valence-corrected chi connectivity index (χ3v) is 2.80. The van der Waals surface area contributed by atoms with Crippen molar-refractivity contribution < 1.29 is 9.53 Å². The Morgan fingerprint density at radius 1 is 1.62 bits per heavy atom. The summed E-state index contributed by atoms with van der Waals surface area (Å²) >= 11 is 3.41. The first-order valence-corrected chi connectivity index (χ1v) is 5.84. The van der Waals surface area contributed by atoms with Crippen molar-refractivity contribution in [2.24, 2.45) is 5.92 Å². The Hall–Kier alpha value is -0.250. The average molecular weight is 250 g/mol. The minimum atomic E-state index is -0.147. The second kappa shape index (κ2) is 5.47. The molecule has 0 radical (unpaired) electrons. The predicted molar refractivity (Wildman–Crippen MR) is 55.1 cm³/mol. The molecule has 1 atom stereocenters. The largest absolute Gasteiger partial charge is 0.448 e. The van der Waals surface area contributed by atoms with E-state index in [0.717, 1.165) is 24.8 Å². The normalized spacial score (nSPS) is 18.9. The zero-order chi connectivity index (χ0) is 9.68. The highest BCUT2D eigenvalue weighted by molar-refractivity contribution is 9.09. The molecule has 1 aliphatic heterocycles. The van der Waals surface area contributed by atoms with Crippen LogP contribution in [0.5, 0.6) is 0 Å². The summed E-state index contributed by atoms with van der Waals surface area (Å²) in [6.45, 7) is 4.38. The standard InChI is InChI=1S/C9H16BrNO2/c1-8(2-4-10)3-5-11-6-7-13-9(11)12/h8H,2-7H2,1H3. The monoisotopic (exact) mass is 249 g/mol. The van der Waals surface area contributed by atoms with Gasteiger partial charge in [-0.05, 0) is 18.8 Å². The fraction of sp³-hybridized carbons (Fsp3) is 0.889. The van der Waals surface area contributed by atoms with Crippen molar-refractivity contribution in [1.82, 2.24) is 4.90 Å². The van der Waals surface area contributed by atoms with Crippen LogP contribution in [0, 0.1) is 5.92 Å². The molecule has 0 saturated carbocycles. The van der Waals surface area contributed by atoms with Gasteiger partial charge in [0, 0.05) is 11.9 Å². The molecule has 1 fully saturated rings. The van der Waals surface area contributed by atoms with Gasteiger partial charge in [0.25, 0.3) is 0 Å². The van der Waals surface area contributed by atoms with Crippen molar-refractivity contribution in [3.05, 3.63) is 0 Å². The highest BCUT2D eigenvalue weighted by atomic mass is 79.9. The fourth-order valence-corrected chi connectivity index (χ4v) is 2.12. The summed E-state index contributed by atoms with van der Waals surface area (Å²) in [6.07, 6.45) is 2.09. The summed E-state index contributed by atoms with van der Waals surface area (Å²) in [5.74, 6) is 0.674. The smallest absolute Gasteiger partial charge is 0.409 e. The van der Waals surface area contributed by atoms with E-state index >= 15 is 0 Å². The Kier molecular flexibility index (Phi) is 4.56. The summed E-state index contributed by atoms with van der Waals surface area (Å²) in [4.78, 5) is 12.8. The maximum Gasteiger partial charge on any atom is 0.409 e. The Morgan fingerprint density at radius 2 is 2.38 bits per heavy atom. The molecule has 4 heteroatoms. The van der Waals surface area contributed by atoms with Crippen LogP contribution >= 0.6 is 15.9 Å². The van der Waals surface area contributed by atoms with Crippen molar-refractivity contribution in [1.29, 1.82) is 0 Å². The number of carbonyl (C=O) groups excluding carboxylic acids is 1. The van der Waals surface area contributed by atoms with Crippen molar-refractivity contribution >= 4 is 22.0 Å². The first-order valence-electron chi connectivity index (χ1n) is 4.71. The molecule has 3 nitrogen and oxygen atoms in total. The summed E-state index contributed by atoms with van der Waals surface area (Å²) in [7, 11) is 0. The van der Waals surface area contributed by atoms with Crippen LogP contribution in [-0.4, -0.2) is 36.0 Å². The Labute approximate surface area is 87.6 Å². The lowest BCUT2D eigenvalue weighted by Gasteiger charge is -2.15. The molecular weight excluding hydrogens is 234 g/mol. The quantitative estimate of drug-likeness (QED) is 0.700. The van der Waals surface area contributed by atoms with Crippen LogP contribution < -0.4 is 0 Å². The molecule has 13 heavy (non-hydrogen) atoms. The number of cyclic esters (lactones) is 1. The summed E-state index contributed by atoms with van der Waals surface area (Å²) in [5.41, 5.74) is 0. The zero-order valence-corrected chi connectivity index (χ0v) is 9.55. The van der Waals surface area contributed by atoms with E-state index < -0.39 is 0 Å². The molecule has 1 saturated heterocycles. The van der Waals surface area contributed by atoms with Crippen LogP contribution in [0.25, 0.3) is 0 Å². The van der Waals surface area contributed by atoms with E-state index in [1.807, 2.05) is 0 Å². The van der Waals surface area contributed by atoms with Gasteiger partial charge in [0.2, 0.25) is 0 Å². The second-order valence-corrected chi connectivity index (χ2v) is 4.27. The van der Waals surface area contributed by atoms with E-state index in [4.69, 9.17) is 4.74 Å². The Bertz CT molecular complexity index is 175. The number of carbonyl (C=O) groups is 1. The van der Waals surface area contributed by atoms with E-state index in [1.54, 1.807) is 4.90 Å². The van der Waals surface area contributed by atoms with Crippen LogP contribution in [-0.2, 0) is 4.74 Å². The number of amides is 1. The molecule has 0 bridgehead atoms. The lowest BCUT2D eigenvalue weighted by Crippen LogP contribution is -2.26. The first-order chi connectivity index (χ1) is 6.24. The minimum absolute atomic E-state index is 0.147. The summed E-state index contributed by atoms with van der Waals surface area (Å²) < 4.78 is 4.84. The predicted octanol–water partition coefficient (Wildman–Crippen LogP) is 2.25. The van der Waals surface area contributed by atoms with Gasteiger partial charge < -0.3 is 9.64 Å². The molecule has 0 N–H and O–H groups in total. The molecule has 0 aliphatic carbocycles. The van der Waals surface area contributed by atoms with E-state index in [0.29, 0.717) is 12.5 Å². The number of alkyl halides is 1. The molecule has 1 rings (SSSR count). The van der Waals surface area contributed by atoms with Gasteiger partial charge in [-0.25, -0.2) is 4.79 Å². The molecule has 0 aromatic rings. The van der Waals surface area contributed by atoms with Gasteiger partial charge in [0.15, 0.2) is 0 Å². The minimum Gasteiger partial charge on any atom is -0.448 e. The Morgan fingerprint density at radius 3 is 2.92 bits per heavy atom. The fourth-order valence-electron chi connectivity index (χ4n) is 1.34.